The molecule has 0 spiro atoms. The summed E-state index contributed by atoms with van der Waals surface area (Å²) in [7, 11) is 1.69. The Balaban J connectivity index is 2.15. The first-order chi connectivity index (χ1) is 9.22. The fourth-order valence-corrected chi connectivity index (χ4v) is 2.38. The van der Waals surface area contributed by atoms with Crippen LogP contribution in [0, 0.1) is 6.92 Å². The molecule has 2 aromatic rings. The molecule has 0 amide bonds. The van der Waals surface area contributed by atoms with E-state index in [-0.39, 0.29) is 0 Å². The van der Waals surface area contributed by atoms with Crippen LogP contribution in [0.2, 0.25) is 0 Å². The monoisotopic (exact) mass is 257 g/mol. The smallest absolute Gasteiger partial charge is 0.144 e. The van der Waals surface area contributed by atoms with Crippen LogP contribution in [0.1, 0.15) is 35.7 Å². The fourth-order valence-electron chi connectivity index (χ4n) is 2.38. The highest BCUT2D eigenvalue weighted by atomic mass is 16.5. The molecule has 3 rings (SSSR count). The van der Waals surface area contributed by atoms with Gasteiger partial charge in [-0.3, -0.25) is 0 Å². The third-order valence-electron chi connectivity index (χ3n) is 3.55. The Morgan fingerprint density at radius 3 is 2.79 bits per heavy atom. The average Bonchev–Trinajstić information content (AvgIpc) is 3.18. The van der Waals surface area contributed by atoms with Crippen molar-refractivity contribution in [3.8, 4) is 11.4 Å². The van der Waals surface area contributed by atoms with E-state index in [1.165, 1.54) is 24.1 Å². The summed E-state index contributed by atoms with van der Waals surface area (Å²) in [6, 6.07) is 8.27. The highest BCUT2D eigenvalue weighted by molar-refractivity contribution is 5.50. The molecule has 1 heterocycles. The number of nitrogens with zero attached hydrogens (tertiary/aromatic N) is 2. The second-order valence-corrected chi connectivity index (χ2v) is 5.13. The minimum absolute atomic E-state index is 0.473. The van der Waals surface area contributed by atoms with Crippen LogP contribution < -0.4 is 10.5 Å². The molecule has 0 radical (unpaired) electrons. The zero-order valence-corrected chi connectivity index (χ0v) is 11.4. The van der Waals surface area contributed by atoms with Gasteiger partial charge in [0.15, 0.2) is 0 Å². The molecule has 0 bridgehead atoms. The minimum Gasteiger partial charge on any atom is -0.494 e. The Kier molecular flexibility index (Phi) is 3.03. The highest BCUT2D eigenvalue weighted by Gasteiger charge is 2.29. The summed E-state index contributed by atoms with van der Waals surface area (Å²) < 4.78 is 7.47. The van der Waals surface area contributed by atoms with Gasteiger partial charge in [-0.15, -0.1) is 0 Å². The van der Waals surface area contributed by atoms with E-state index < -0.39 is 0 Å². The number of methoxy groups -OCH3 is 1. The normalized spacial score (nSPS) is 14.7. The molecule has 1 aromatic heterocycles. The van der Waals surface area contributed by atoms with E-state index in [1.807, 2.05) is 16.8 Å². The van der Waals surface area contributed by atoms with Crippen molar-refractivity contribution in [2.75, 3.05) is 7.11 Å². The average molecular weight is 257 g/mol. The number of benzene rings is 1. The van der Waals surface area contributed by atoms with Crippen molar-refractivity contribution < 1.29 is 4.74 Å². The number of ether oxygens (including phenoxy) is 1. The van der Waals surface area contributed by atoms with Gasteiger partial charge in [0.2, 0.25) is 0 Å². The molecule has 2 N–H and O–H groups in total. The molecule has 1 saturated carbocycles. The van der Waals surface area contributed by atoms with Crippen LogP contribution in [0.25, 0.3) is 5.69 Å². The van der Waals surface area contributed by atoms with Gasteiger partial charge >= 0.3 is 0 Å². The molecule has 4 nitrogen and oxygen atoms in total. The van der Waals surface area contributed by atoms with Crippen LogP contribution in [-0.4, -0.2) is 16.9 Å². The molecule has 4 heteroatoms. The van der Waals surface area contributed by atoms with E-state index in [0.717, 1.165) is 17.1 Å². The van der Waals surface area contributed by atoms with Gasteiger partial charge in [0.25, 0.3) is 0 Å². The van der Waals surface area contributed by atoms with Gasteiger partial charge < -0.3 is 10.5 Å². The van der Waals surface area contributed by atoms with Gasteiger partial charge in [0.1, 0.15) is 11.4 Å². The topological polar surface area (TPSA) is 53.1 Å². The van der Waals surface area contributed by atoms with Crippen LogP contribution in [0.3, 0.4) is 0 Å². The number of rotatable bonds is 4. The molecular formula is C15H19N3O. The van der Waals surface area contributed by atoms with E-state index in [0.29, 0.717) is 12.5 Å². The van der Waals surface area contributed by atoms with Gasteiger partial charge in [-0.1, -0.05) is 6.07 Å². The van der Waals surface area contributed by atoms with Crippen LogP contribution >= 0.6 is 0 Å². The Morgan fingerprint density at radius 2 is 2.16 bits per heavy atom. The van der Waals surface area contributed by atoms with Crippen molar-refractivity contribution in [3.05, 3.63) is 41.2 Å². The molecule has 1 aromatic carbocycles. The molecular weight excluding hydrogens is 238 g/mol. The summed E-state index contributed by atoms with van der Waals surface area (Å²) in [5, 5.41) is 4.62. The zero-order chi connectivity index (χ0) is 13.4. The van der Waals surface area contributed by atoms with Crippen LogP contribution in [0.4, 0.5) is 0 Å². The molecule has 100 valence electrons. The molecule has 19 heavy (non-hydrogen) atoms. The van der Waals surface area contributed by atoms with Crippen LogP contribution in [-0.2, 0) is 6.54 Å². The van der Waals surface area contributed by atoms with Gasteiger partial charge in [-0.25, -0.2) is 4.68 Å². The predicted molar refractivity (Wildman–Crippen MR) is 74.7 cm³/mol. The van der Waals surface area contributed by atoms with Crippen LogP contribution in [0.5, 0.6) is 5.75 Å². The zero-order valence-electron chi connectivity index (χ0n) is 11.4. The van der Waals surface area contributed by atoms with E-state index in [1.54, 1.807) is 7.11 Å². The standard InChI is InChI=1S/C15H19N3O/c1-10-3-6-15(19-2)14(7-10)18-13(11-4-5-11)8-12(9-16)17-18/h3,6-8,11H,4-5,9,16H2,1-2H3. The Morgan fingerprint density at radius 1 is 1.37 bits per heavy atom. The summed E-state index contributed by atoms with van der Waals surface area (Å²) in [4.78, 5) is 0. The third kappa shape index (κ3) is 2.24. The molecule has 0 saturated heterocycles. The van der Waals surface area contributed by atoms with Crippen molar-refractivity contribution in [2.45, 2.75) is 32.2 Å². The van der Waals surface area contributed by atoms with E-state index in [9.17, 15) is 0 Å². The summed E-state index contributed by atoms with van der Waals surface area (Å²) in [5.41, 5.74) is 10.1. The Labute approximate surface area is 113 Å². The first-order valence-corrected chi connectivity index (χ1v) is 6.67. The van der Waals surface area contributed by atoms with E-state index in [4.69, 9.17) is 10.5 Å². The van der Waals surface area contributed by atoms with Gasteiger partial charge in [0, 0.05) is 18.2 Å². The van der Waals surface area contributed by atoms with Crippen molar-refractivity contribution in [1.29, 1.82) is 0 Å². The van der Waals surface area contributed by atoms with Crippen molar-refractivity contribution in [1.82, 2.24) is 9.78 Å². The molecule has 0 unspecified atom stereocenters. The van der Waals surface area contributed by atoms with Crippen molar-refractivity contribution in [3.63, 3.8) is 0 Å². The number of nitrogens with two attached hydrogens (primary N) is 1. The van der Waals surface area contributed by atoms with E-state index in [2.05, 4.69) is 24.2 Å². The molecule has 0 atom stereocenters. The first kappa shape index (κ1) is 12.2. The first-order valence-electron chi connectivity index (χ1n) is 6.67. The van der Waals surface area contributed by atoms with Gasteiger partial charge in [-0.05, 0) is 43.5 Å². The van der Waals surface area contributed by atoms with E-state index >= 15 is 0 Å². The Hall–Kier alpha value is -1.81. The highest BCUT2D eigenvalue weighted by Crippen LogP contribution is 2.42. The summed E-state index contributed by atoms with van der Waals surface area (Å²) in [6.45, 7) is 2.55. The number of aryl methyl sites for hydroxylation is 1. The maximum atomic E-state index is 5.72. The predicted octanol–water partition coefficient (Wildman–Crippen LogP) is 2.53. The summed E-state index contributed by atoms with van der Waals surface area (Å²) in [6.07, 6.45) is 2.48. The lowest BCUT2D eigenvalue weighted by Crippen LogP contribution is -2.05. The van der Waals surface area contributed by atoms with Crippen molar-refractivity contribution >= 4 is 0 Å². The third-order valence-corrected chi connectivity index (χ3v) is 3.55. The molecule has 1 aliphatic carbocycles. The van der Waals surface area contributed by atoms with Crippen LogP contribution in [0.15, 0.2) is 24.3 Å². The minimum atomic E-state index is 0.473. The Bertz CT molecular complexity index is 599. The van der Waals surface area contributed by atoms with Gasteiger partial charge in [0.05, 0.1) is 12.8 Å². The number of hydrogen-bond acceptors (Lipinski definition) is 3. The lowest BCUT2D eigenvalue weighted by molar-refractivity contribution is 0.411. The summed E-state index contributed by atoms with van der Waals surface area (Å²) >= 11 is 0. The lowest BCUT2D eigenvalue weighted by Gasteiger charge is -2.12. The SMILES string of the molecule is COc1ccc(C)cc1-n1nc(CN)cc1C1CC1. The number of aromatic nitrogens is 2. The molecule has 0 aliphatic heterocycles. The fraction of sp³-hybridized carbons (Fsp3) is 0.400. The summed E-state index contributed by atoms with van der Waals surface area (Å²) in [5.74, 6) is 1.47. The maximum Gasteiger partial charge on any atom is 0.144 e. The molecule has 1 aliphatic rings. The second kappa shape index (κ2) is 4.70. The second-order valence-electron chi connectivity index (χ2n) is 5.13. The maximum absolute atomic E-state index is 5.72. The lowest BCUT2D eigenvalue weighted by atomic mass is 10.2. The quantitative estimate of drug-likeness (QED) is 0.915. The largest absolute Gasteiger partial charge is 0.494 e. The molecule has 1 fully saturated rings. The van der Waals surface area contributed by atoms with Gasteiger partial charge in [-0.2, -0.15) is 5.10 Å². The number of hydrogen-bond donors (Lipinski definition) is 1. The van der Waals surface area contributed by atoms with Crippen molar-refractivity contribution in [2.24, 2.45) is 5.73 Å².